The van der Waals surface area contributed by atoms with E-state index < -0.39 is 0 Å². The zero-order valence-electron chi connectivity index (χ0n) is 17.4. The Morgan fingerprint density at radius 2 is 1.86 bits per heavy atom. The number of hydrogen-bond donors (Lipinski definition) is 1. The second kappa shape index (κ2) is 9.18. The molecule has 0 unspecified atom stereocenters. The minimum absolute atomic E-state index is 0.422. The second-order valence-corrected chi connectivity index (χ2v) is 9.19. The van der Waals surface area contributed by atoms with Crippen molar-refractivity contribution in [3.8, 4) is 5.75 Å². The average Bonchev–Trinajstić information content (AvgIpc) is 2.74. The van der Waals surface area contributed by atoms with Crippen LogP contribution in [0, 0.1) is 3.57 Å². The molecule has 1 N–H and O–H groups in total. The number of halogens is 1. The van der Waals surface area contributed by atoms with Crippen molar-refractivity contribution >= 4 is 45.3 Å². The summed E-state index contributed by atoms with van der Waals surface area (Å²) in [6, 6.07) is 5.18. The molecule has 158 valence electrons. The van der Waals surface area contributed by atoms with E-state index in [0.717, 1.165) is 84.2 Å². The molecule has 2 aromatic rings. The van der Waals surface area contributed by atoms with E-state index in [1.54, 1.807) is 7.11 Å². The first kappa shape index (κ1) is 20.9. The normalized spacial score (nSPS) is 19.1. The third-order valence-corrected chi connectivity index (χ3v) is 6.70. The minimum atomic E-state index is 0.422. The van der Waals surface area contributed by atoms with Gasteiger partial charge in [0, 0.05) is 43.6 Å². The number of methoxy groups -OCH3 is 1. The van der Waals surface area contributed by atoms with E-state index in [1.807, 2.05) is 0 Å². The quantitative estimate of drug-likeness (QED) is 0.618. The Balaban J connectivity index is 1.66. The highest BCUT2D eigenvalue weighted by Gasteiger charge is 2.23. The third-order valence-electron chi connectivity index (χ3n) is 5.85. The van der Waals surface area contributed by atoms with Crippen molar-refractivity contribution in [2.45, 2.75) is 38.8 Å². The summed E-state index contributed by atoms with van der Waals surface area (Å²) in [7, 11) is 1.71. The standard InChI is InChI=1S/C21H30IN5O2/c1-14(2)26-6-4-15(5-7-26)23-20-16-12-19(28-3)17(22)13-18(16)24-21(25-20)27-8-10-29-11-9-27/h12-15H,4-11H2,1-3H3,(H,23,24,25). The van der Waals surface area contributed by atoms with E-state index in [0.29, 0.717) is 12.1 Å². The van der Waals surface area contributed by atoms with Crippen LogP contribution in [0.5, 0.6) is 5.75 Å². The molecular formula is C21H30IN5O2. The molecule has 1 aromatic carbocycles. The van der Waals surface area contributed by atoms with Crippen molar-refractivity contribution in [1.82, 2.24) is 14.9 Å². The number of fused-ring (bicyclic) bond motifs is 1. The number of anilines is 2. The van der Waals surface area contributed by atoms with Gasteiger partial charge in [0.2, 0.25) is 5.95 Å². The third kappa shape index (κ3) is 4.69. The van der Waals surface area contributed by atoms with Crippen molar-refractivity contribution in [2.24, 2.45) is 0 Å². The van der Waals surface area contributed by atoms with Crippen LogP contribution >= 0.6 is 22.6 Å². The molecule has 0 atom stereocenters. The second-order valence-electron chi connectivity index (χ2n) is 8.02. The Bertz CT molecular complexity index is 849. The molecule has 0 saturated carbocycles. The highest BCUT2D eigenvalue weighted by atomic mass is 127. The van der Waals surface area contributed by atoms with Crippen LogP contribution in [0.1, 0.15) is 26.7 Å². The maximum atomic E-state index is 5.56. The van der Waals surface area contributed by atoms with Crippen molar-refractivity contribution < 1.29 is 9.47 Å². The molecule has 2 aliphatic heterocycles. The molecule has 0 radical (unpaired) electrons. The number of ether oxygens (including phenoxy) is 2. The van der Waals surface area contributed by atoms with Crippen LogP contribution < -0.4 is 15.0 Å². The lowest BCUT2D eigenvalue weighted by atomic mass is 10.0. The van der Waals surface area contributed by atoms with Gasteiger partial charge < -0.3 is 24.6 Å². The van der Waals surface area contributed by atoms with Gasteiger partial charge in [-0.05, 0) is 61.4 Å². The van der Waals surface area contributed by atoms with Crippen molar-refractivity contribution in [3.05, 3.63) is 15.7 Å². The summed E-state index contributed by atoms with van der Waals surface area (Å²) >= 11 is 2.31. The number of nitrogens with zero attached hydrogens (tertiary/aromatic N) is 4. The van der Waals surface area contributed by atoms with E-state index in [2.05, 4.69) is 63.7 Å². The Labute approximate surface area is 186 Å². The molecule has 29 heavy (non-hydrogen) atoms. The first-order valence-corrected chi connectivity index (χ1v) is 11.5. The molecule has 8 heteroatoms. The number of rotatable bonds is 5. The molecule has 3 heterocycles. The molecule has 0 bridgehead atoms. The summed E-state index contributed by atoms with van der Waals surface area (Å²) in [5.41, 5.74) is 0.953. The lowest BCUT2D eigenvalue weighted by Crippen LogP contribution is -2.42. The van der Waals surface area contributed by atoms with Crippen LogP contribution in [-0.2, 0) is 4.74 Å². The van der Waals surface area contributed by atoms with Gasteiger partial charge in [-0.2, -0.15) is 4.98 Å². The molecule has 4 rings (SSSR count). The van der Waals surface area contributed by atoms with Crippen LogP contribution in [0.25, 0.3) is 10.9 Å². The van der Waals surface area contributed by atoms with Gasteiger partial charge in [0.05, 0.1) is 29.4 Å². The summed E-state index contributed by atoms with van der Waals surface area (Å²) < 4.78 is 12.1. The number of hydrogen-bond acceptors (Lipinski definition) is 7. The maximum Gasteiger partial charge on any atom is 0.228 e. The molecule has 2 saturated heterocycles. The lowest BCUT2D eigenvalue weighted by molar-refractivity contribution is 0.122. The fourth-order valence-electron chi connectivity index (χ4n) is 4.04. The molecular weight excluding hydrogens is 481 g/mol. The zero-order chi connectivity index (χ0) is 20.4. The Morgan fingerprint density at radius 3 is 2.52 bits per heavy atom. The van der Waals surface area contributed by atoms with Gasteiger partial charge in [-0.3, -0.25) is 0 Å². The molecule has 2 aliphatic rings. The van der Waals surface area contributed by atoms with Crippen LogP contribution in [-0.4, -0.2) is 73.5 Å². The highest BCUT2D eigenvalue weighted by molar-refractivity contribution is 14.1. The number of nitrogens with one attached hydrogen (secondary N) is 1. The summed E-state index contributed by atoms with van der Waals surface area (Å²) in [4.78, 5) is 14.6. The van der Waals surface area contributed by atoms with Gasteiger partial charge in [0.15, 0.2) is 0 Å². The van der Waals surface area contributed by atoms with E-state index >= 15 is 0 Å². The van der Waals surface area contributed by atoms with Crippen LogP contribution in [0.3, 0.4) is 0 Å². The minimum Gasteiger partial charge on any atom is -0.496 e. The van der Waals surface area contributed by atoms with Crippen LogP contribution in [0.4, 0.5) is 11.8 Å². The van der Waals surface area contributed by atoms with Crippen LogP contribution in [0.15, 0.2) is 12.1 Å². The van der Waals surface area contributed by atoms with Crippen molar-refractivity contribution in [3.63, 3.8) is 0 Å². The van der Waals surface area contributed by atoms with Gasteiger partial charge in [-0.25, -0.2) is 4.98 Å². The maximum absolute atomic E-state index is 5.56. The number of likely N-dealkylation sites (tertiary alicyclic amines) is 1. The molecule has 0 spiro atoms. The fraction of sp³-hybridized carbons (Fsp3) is 0.619. The highest BCUT2D eigenvalue weighted by Crippen LogP contribution is 2.32. The van der Waals surface area contributed by atoms with E-state index in [4.69, 9.17) is 19.4 Å². The summed E-state index contributed by atoms with van der Waals surface area (Å²) in [6.45, 7) is 9.88. The molecule has 7 nitrogen and oxygen atoms in total. The summed E-state index contributed by atoms with van der Waals surface area (Å²) in [5, 5.41) is 4.76. The van der Waals surface area contributed by atoms with Crippen molar-refractivity contribution in [1.29, 1.82) is 0 Å². The monoisotopic (exact) mass is 511 g/mol. The van der Waals surface area contributed by atoms with E-state index in [1.165, 1.54) is 0 Å². The smallest absolute Gasteiger partial charge is 0.228 e. The predicted octanol–water partition coefficient (Wildman–Crippen LogP) is 3.36. The Hall–Kier alpha value is -1.39. The predicted molar refractivity (Wildman–Crippen MR) is 125 cm³/mol. The average molecular weight is 511 g/mol. The fourth-order valence-corrected chi connectivity index (χ4v) is 4.71. The molecule has 0 amide bonds. The Kier molecular flexibility index (Phi) is 6.60. The largest absolute Gasteiger partial charge is 0.496 e. The van der Waals surface area contributed by atoms with Gasteiger partial charge >= 0.3 is 0 Å². The van der Waals surface area contributed by atoms with E-state index in [-0.39, 0.29) is 0 Å². The SMILES string of the molecule is COc1cc2c(NC3CCN(C(C)C)CC3)nc(N3CCOCC3)nc2cc1I. The number of morpholine rings is 1. The van der Waals surface area contributed by atoms with Gasteiger partial charge in [0.25, 0.3) is 0 Å². The van der Waals surface area contributed by atoms with Gasteiger partial charge in [-0.15, -0.1) is 0 Å². The summed E-state index contributed by atoms with van der Waals surface area (Å²) in [6.07, 6.45) is 2.25. The molecule has 2 fully saturated rings. The van der Waals surface area contributed by atoms with E-state index in [9.17, 15) is 0 Å². The van der Waals surface area contributed by atoms with Gasteiger partial charge in [0.1, 0.15) is 11.6 Å². The topological polar surface area (TPSA) is 62.8 Å². The lowest BCUT2D eigenvalue weighted by Gasteiger charge is -2.35. The first-order chi connectivity index (χ1) is 14.0. The molecule has 0 aliphatic carbocycles. The van der Waals surface area contributed by atoms with Crippen molar-refractivity contribution in [2.75, 3.05) is 56.7 Å². The van der Waals surface area contributed by atoms with Crippen LogP contribution in [0.2, 0.25) is 0 Å². The zero-order valence-corrected chi connectivity index (χ0v) is 19.6. The number of aromatic nitrogens is 2. The number of benzene rings is 1. The Morgan fingerprint density at radius 1 is 1.14 bits per heavy atom. The first-order valence-electron chi connectivity index (χ1n) is 10.4. The molecule has 1 aromatic heterocycles. The summed E-state index contributed by atoms with van der Waals surface area (Å²) in [5.74, 6) is 2.55. The van der Waals surface area contributed by atoms with Gasteiger partial charge in [-0.1, -0.05) is 0 Å². The number of piperidine rings is 1.